The third kappa shape index (κ3) is 2.77. The van der Waals surface area contributed by atoms with Crippen LogP contribution in [0.1, 0.15) is 12.8 Å². The molecule has 1 aromatic rings. The van der Waals surface area contributed by atoms with Crippen molar-refractivity contribution in [2.75, 3.05) is 18.0 Å². The Kier molecular flexibility index (Phi) is 3.64. The van der Waals surface area contributed by atoms with Crippen molar-refractivity contribution in [3.05, 3.63) is 30.3 Å². The van der Waals surface area contributed by atoms with E-state index in [4.69, 9.17) is 10.8 Å². The number of nitrogens with zero attached hydrogens (tertiary/aromatic N) is 1. The highest BCUT2D eigenvalue weighted by molar-refractivity contribution is 5.73. The molecule has 1 atom stereocenters. The molecule has 17 heavy (non-hydrogen) atoms. The van der Waals surface area contributed by atoms with Crippen molar-refractivity contribution in [1.29, 1.82) is 0 Å². The number of anilines is 1. The number of carbonyl (C=O) groups is 1. The van der Waals surface area contributed by atoms with Gasteiger partial charge in [0, 0.05) is 18.8 Å². The Bertz CT molecular complexity index is 372. The second kappa shape index (κ2) is 5.19. The fourth-order valence-electron chi connectivity index (χ4n) is 2.36. The topological polar surface area (TPSA) is 66.6 Å². The van der Waals surface area contributed by atoms with E-state index in [1.54, 1.807) is 0 Å². The molecule has 0 unspecified atom stereocenters. The third-order valence-corrected chi connectivity index (χ3v) is 3.45. The van der Waals surface area contributed by atoms with E-state index in [1.807, 2.05) is 18.2 Å². The highest BCUT2D eigenvalue weighted by Gasteiger charge is 2.28. The minimum absolute atomic E-state index is 0.104. The number of benzene rings is 1. The predicted molar refractivity (Wildman–Crippen MR) is 67.0 cm³/mol. The largest absolute Gasteiger partial charge is 0.480 e. The molecule has 1 aromatic carbocycles. The zero-order chi connectivity index (χ0) is 12.3. The van der Waals surface area contributed by atoms with Crippen LogP contribution >= 0.6 is 0 Å². The molecular weight excluding hydrogens is 216 g/mol. The number of aliphatic carboxylic acids is 1. The Morgan fingerprint density at radius 2 is 1.88 bits per heavy atom. The van der Waals surface area contributed by atoms with Crippen molar-refractivity contribution in [3.63, 3.8) is 0 Å². The molecule has 0 bridgehead atoms. The van der Waals surface area contributed by atoms with Crippen molar-refractivity contribution in [2.45, 2.75) is 18.9 Å². The number of rotatable bonds is 3. The van der Waals surface area contributed by atoms with E-state index >= 15 is 0 Å². The number of hydrogen-bond acceptors (Lipinski definition) is 3. The Labute approximate surface area is 101 Å². The van der Waals surface area contributed by atoms with Crippen molar-refractivity contribution < 1.29 is 9.90 Å². The maximum Gasteiger partial charge on any atom is 0.320 e. The second-order valence-corrected chi connectivity index (χ2v) is 4.52. The van der Waals surface area contributed by atoms with Crippen LogP contribution in [0.4, 0.5) is 5.69 Å². The van der Waals surface area contributed by atoms with Crippen molar-refractivity contribution in [3.8, 4) is 0 Å². The van der Waals surface area contributed by atoms with Crippen LogP contribution in [-0.4, -0.2) is 30.2 Å². The summed E-state index contributed by atoms with van der Waals surface area (Å²) in [6.07, 6.45) is 1.70. The minimum atomic E-state index is -0.886. The van der Waals surface area contributed by atoms with Crippen LogP contribution in [0.5, 0.6) is 0 Å². The number of piperidine rings is 1. The normalized spacial score (nSPS) is 19.0. The maximum absolute atomic E-state index is 10.8. The lowest BCUT2D eigenvalue weighted by Crippen LogP contribution is -2.44. The first-order valence-electron chi connectivity index (χ1n) is 5.97. The van der Waals surface area contributed by atoms with Crippen LogP contribution < -0.4 is 10.6 Å². The monoisotopic (exact) mass is 234 g/mol. The lowest BCUT2D eigenvalue weighted by molar-refractivity contribution is -0.140. The average Bonchev–Trinajstić information content (AvgIpc) is 2.39. The van der Waals surface area contributed by atoms with E-state index in [2.05, 4.69) is 17.0 Å². The Hall–Kier alpha value is -1.55. The van der Waals surface area contributed by atoms with Gasteiger partial charge in [-0.25, -0.2) is 0 Å². The molecule has 0 radical (unpaired) electrons. The van der Waals surface area contributed by atoms with Crippen LogP contribution in [0.3, 0.4) is 0 Å². The summed E-state index contributed by atoms with van der Waals surface area (Å²) < 4.78 is 0. The van der Waals surface area contributed by atoms with Crippen LogP contribution in [-0.2, 0) is 4.79 Å². The molecule has 1 heterocycles. The SMILES string of the molecule is N[C@H](C(=O)O)C1CCN(c2ccccc2)CC1. The van der Waals surface area contributed by atoms with E-state index in [0.717, 1.165) is 25.9 Å². The first-order chi connectivity index (χ1) is 8.18. The highest BCUT2D eigenvalue weighted by Crippen LogP contribution is 2.24. The van der Waals surface area contributed by atoms with Gasteiger partial charge in [0.05, 0.1) is 0 Å². The smallest absolute Gasteiger partial charge is 0.320 e. The van der Waals surface area contributed by atoms with Gasteiger partial charge in [-0.05, 0) is 30.9 Å². The highest BCUT2D eigenvalue weighted by atomic mass is 16.4. The summed E-state index contributed by atoms with van der Waals surface area (Å²) in [5.74, 6) is -0.782. The van der Waals surface area contributed by atoms with Gasteiger partial charge in [0.25, 0.3) is 0 Å². The zero-order valence-corrected chi connectivity index (χ0v) is 9.75. The number of carboxylic acid groups (broad SMARTS) is 1. The lowest BCUT2D eigenvalue weighted by Gasteiger charge is -2.34. The first kappa shape index (κ1) is 11.9. The van der Waals surface area contributed by atoms with Gasteiger partial charge in [-0.15, -0.1) is 0 Å². The molecule has 1 aliphatic heterocycles. The standard InChI is InChI=1S/C13H18N2O2/c14-12(13(16)17)10-6-8-15(9-7-10)11-4-2-1-3-5-11/h1-5,10,12H,6-9,14H2,(H,16,17)/t12-/m0/s1. The molecule has 1 fully saturated rings. The number of nitrogens with two attached hydrogens (primary N) is 1. The summed E-state index contributed by atoms with van der Waals surface area (Å²) in [6.45, 7) is 1.77. The molecule has 4 nitrogen and oxygen atoms in total. The van der Waals surface area contributed by atoms with Crippen LogP contribution in [0.25, 0.3) is 0 Å². The third-order valence-electron chi connectivity index (χ3n) is 3.45. The van der Waals surface area contributed by atoms with E-state index < -0.39 is 12.0 Å². The van der Waals surface area contributed by atoms with Gasteiger partial charge < -0.3 is 15.7 Å². The van der Waals surface area contributed by atoms with Gasteiger partial charge in [0.15, 0.2) is 0 Å². The van der Waals surface area contributed by atoms with Gasteiger partial charge in [-0.3, -0.25) is 4.79 Å². The zero-order valence-electron chi connectivity index (χ0n) is 9.75. The van der Waals surface area contributed by atoms with Crippen LogP contribution in [0, 0.1) is 5.92 Å². The summed E-state index contributed by atoms with van der Waals surface area (Å²) in [6, 6.07) is 9.48. The Balaban J connectivity index is 1.93. The molecule has 1 saturated heterocycles. The molecule has 0 aromatic heterocycles. The van der Waals surface area contributed by atoms with E-state index in [9.17, 15) is 4.79 Å². The Morgan fingerprint density at radius 1 is 1.29 bits per heavy atom. The molecule has 2 rings (SSSR count). The van der Waals surface area contributed by atoms with Crippen molar-refractivity contribution in [2.24, 2.45) is 11.7 Å². The quantitative estimate of drug-likeness (QED) is 0.827. The summed E-state index contributed by atoms with van der Waals surface area (Å²) in [4.78, 5) is 13.1. The number of carboxylic acids is 1. The molecule has 92 valence electrons. The van der Waals surface area contributed by atoms with Gasteiger partial charge >= 0.3 is 5.97 Å². The summed E-state index contributed by atoms with van der Waals surface area (Å²) >= 11 is 0. The maximum atomic E-state index is 10.8. The second-order valence-electron chi connectivity index (χ2n) is 4.52. The van der Waals surface area contributed by atoms with Crippen molar-refractivity contribution >= 4 is 11.7 Å². The van der Waals surface area contributed by atoms with Gasteiger partial charge in [0.1, 0.15) is 6.04 Å². The Morgan fingerprint density at radius 3 is 2.41 bits per heavy atom. The molecule has 1 aliphatic rings. The van der Waals surface area contributed by atoms with E-state index in [1.165, 1.54) is 5.69 Å². The lowest BCUT2D eigenvalue weighted by atomic mass is 9.90. The van der Waals surface area contributed by atoms with Gasteiger partial charge in [-0.2, -0.15) is 0 Å². The summed E-state index contributed by atoms with van der Waals surface area (Å²) in [5, 5.41) is 8.88. The van der Waals surface area contributed by atoms with Crippen LogP contribution in [0.2, 0.25) is 0 Å². The first-order valence-corrected chi connectivity index (χ1v) is 5.97. The summed E-state index contributed by atoms with van der Waals surface area (Å²) in [5.41, 5.74) is 6.86. The van der Waals surface area contributed by atoms with E-state index in [0.29, 0.717) is 0 Å². The van der Waals surface area contributed by atoms with Crippen molar-refractivity contribution in [1.82, 2.24) is 0 Å². The number of hydrogen-bond donors (Lipinski definition) is 2. The van der Waals surface area contributed by atoms with Gasteiger partial charge in [0.2, 0.25) is 0 Å². The molecule has 0 spiro atoms. The average molecular weight is 234 g/mol. The fourth-order valence-corrected chi connectivity index (χ4v) is 2.36. The molecule has 0 saturated carbocycles. The van der Waals surface area contributed by atoms with Gasteiger partial charge in [-0.1, -0.05) is 18.2 Å². The molecular formula is C13H18N2O2. The van der Waals surface area contributed by atoms with E-state index in [-0.39, 0.29) is 5.92 Å². The summed E-state index contributed by atoms with van der Waals surface area (Å²) in [7, 11) is 0. The molecule has 4 heteroatoms. The van der Waals surface area contributed by atoms with Crippen LogP contribution in [0.15, 0.2) is 30.3 Å². The predicted octanol–water partition coefficient (Wildman–Crippen LogP) is 1.31. The fraction of sp³-hybridized carbons (Fsp3) is 0.462. The number of para-hydroxylation sites is 1. The molecule has 3 N–H and O–H groups in total. The molecule has 0 aliphatic carbocycles. The molecule has 0 amide bonds. The minimum Gasteiger partial charge on any atom is -0.480 e.